The van der Waals surface area contributed by atoms with Gasteiger partial charge in [-0.15, -0.1) is 0 Å². The minimum atomic E-state index is -0.454. The van der Waals surface area contributed by atoms with Gasteiger partial charge in [0.2, 0.25) is 0 Å². The Bertz CT molecular complexity index is 462. The molecular formula is C17H25ClN2O. The molecule has 0 spiro atoms. The van der Waals surface area contributed by atoms with Crippen molar-refractivity contribution in [3.05, 3.63) is 34.9 Å². The molecule has 2 heterocycles. The van der Waals surface area contributed by atoms with Crippen LogP contribution in [0.4, 0.5) is 0 Å². The molecule has 1 N–H and O–H groups in total. The van der Waals surface area contributed by atoms with E-state index in [0.29, 0.717) is 5.02 Å². The second kappa shape index (κ2) is 7.10. The first kappa shape index (κ1) is 15.3. The molecule has 0 saturated carbocycles. The number of hydrogen-bond donors (Lipinski definition) is 1. The van der Waals surface area contributed by atoms with E-state index in [1.54, 1.807) is 0 Å². The highest BCUT2D eigenvalue weighted by Gasteiger charge is 2.29. The van der Waals surface area contributed by atoms with Crippen molar-refractivity contribution in [1.82, 2.24) is 9.80 Å². The standard InChI is InChI=1S/C17H25ClN2O/c18-16-6-2-1-5-15(16)17(21)8-12-19-11-7-14(13-19)20-9-3-4-10-20/h1-2,5-6,14,17,21H,3-4,7-13H2. The van der Waals surface area contributed by atoms with Gasteiger partial charge in [-0.1, -0.05) is 29.8 Å². The average Bonchev–Trinajstić information content (AvgIpc) is 3.16. The normalized spacial score (nSPS) is 25.5. The fourth-order valence-corrected chi connectivity index (χ4v) is 3.89. The van der Waals surface area contributed by atoms with E-state index in [9.17, 15) is 5.11 Å². The highest BCUT2D eigenvalue weighted by Crippen LogP contribution is 2.26. The molecule has 0 aliphatic carbocycles. The summed E-state index contributed by atoms with van der Waals surface area (Å²) in [5.74, 6) is 0. The SMILES string of the molecule is OC(CCN1CCC(N2CCCC2)C1)c1ccccc1Cl. The molecule has 21 heavy (non-hydrogen) atoms. The van der Waals surface area contributed by atoms with E-state index in [2.05, 4.69) is 9.80 Å². The Morgan fingerprint density at radius 3 is 2.71 bits per heavy atom. The largest absolute Gasteiger partial charge is 0.388 e. The number of rotatable bonds is 5. The van der Waals surface area contributed by atoms with Crippen LogP contribution < -0.4 is 0 Å². The Hall–Kier alpha value is -0.610. The van der Waals surface area contributed by atoms with Gasteiger partial charge in [0.25, 0.3) is 0 Å². The predicted molar refractivity (Wildman–Crippen MR) is 86.7 cm³/mol. The van der Waals surface area contributed by atoms with Crippen LogP contribution in [-0.2, 0) is 0 Å². The highest BCUT2D eigenvalue weighted by atomic mass is 35.5. The van der Waals surface area contributed by atoms with Crippen LogP contribution in [0.25, 0.3) is 0 Å². The van der Waals surface area contributed by atoms with Crippen molar-refractivity contribution >= 4 is 11.6 Å². The summed E-state index contributed by atoms with van der Waals surface area (Å²) in [6.45, 7) is 5.84. The Kier molecular flexibility index (Phi) is 5.17. The van der Waals surface area contributed by atoms with E-state index in [-0.39, 0.29) is 0 Å². The Labute approximate surface area is 132 Å². The molecule has 2 aliphatic rings. The van der Waals surface area contributed by atoms with Gasteiger partial charge >= 0.3 is 0 Å². The lowest BCUT2D eigenvalue weighted by molar-refractivity contribution is 0.145. The number of nitrogens with zero attached hydrogens (tertiary/aromatic N) is 2. The van der Waals surface area contributed by atoms with E-state index in [1.807, 2.05) is 24.3 Å². The molecule has 0 aromatic heterocycles. The zero-order valence-electron chi connectivity index (χ0n) is 12.5. The second-order valence-corrected chi connectivity index (χ2v) is 6.72. The summed E-state index contributed by atoms with van der Waals surface area (Å²) < 4.78 is 0. The lowest BCUT2D eigenvalue weighted by Gasteiger charge is -2.24. The van der Waals surface area contributed by atoms with Gasteiger partial charge in [-0.2, -0.15) is 0 Å². The quantitative estimate of drug-likeness (QED) is 0.906. The predicted octanol–water partition coefficient (Wildman–Crippen LogP) is 2.93. The van der Waals surface area contributed by atoms with Crippen LogP contribution in [0.1, 0.15) is 37.4 Å². The maximum atomic E-state index is 10.3. The fraction of sp³-hybridized carbons (Fsp3) is 0.647. The van der Waals surface area contributed by atoms with Gasteiger partial charge in [0.15, 0.2) is 0 Å². The molecule has 0 radical (unpaired) electrons. The first-order valence-electron chi connectivity index (χ1n) is 8.13. The Morgan fingerprint density at radius 2 is 1.95 bits per heavy atom. The van der Waals surface area contributed by atoms with E-state index < -0.39 is 6.10 Å². The van der Waals surface area contributed by atoms with Gasteiger partial charge in [-0.3, -0.25) is 4.90 Å². The highest BCUT2D eigenvalue weighted by molar-refractivity contribution is 6.31. The van der Waals surface area contributed by atoms with Crippen molar-refractivity contribution in [3.8, 4) is 0 Å². The lowest BCUT2D eigenvalue weighted by atomic mass is 10.1. The molecule has 1 aromatic rings. The monoisotopic (exact) mass is 308 g/mol. The van der Waals surface area contributed by atoms with Gasteiger partial charge in [-0.25, -0.2) is 0 Å². The lowest BCUT2D eigenvalue weighted by Crippen LogP contribution is -2.35. The fourth-order valence-electron chi connectivity index (χ4n) is 3.63. The number of benzene rings is 1. The van der Waals surface area contributed by atoms with Crippen LogP contribution in [-0.4, -0.2) is 53.7 Å². The zero-order valence-corrected chi connectivity index (χ0v) is 13.3. The van der Waals surface area contributed by atoms with Crippen molar-refractivity contribution in [2.24, 2.45) is 0 Å². The third-order valence-electron chi connectivity index (χ3n) is 4.89. The molecular weight excluding hydrogens is 284 g/mol. The number of hydrogen-bond acceptors (Lipinski definition) is 3. The van der Waals surface area contributed by atoms with E-state index in [1.165, 1.54) is 32.4 Å². The van der Waals surface area contributed by atoms with Crippen molar-refractivity contribution in [3.63, 3.8) is 0 Å². The zero-order chi connectivity index (χ0) is 14.7. The Morgan fingerprint density at radius 1 is 1.19 bits per heavy atom. The van der Waals surface area contributed by atoms with Gasteiger partial charge in [0.1, 0.15) is 0 Å². The second-order valence-electron chi connectivity index (χ2n) is 6.31. The Balaban J connectivity index is 1.46. The van der Waals surface area contributed by atoms with E-state index in [0.717, 1.165) is 37.7 Å². The maximum absolute atomic E-state index is 10.3. The maximum Gasteiger partial charge on any atom is 0.0816 e. The molecule has 0 amide bonds. The van der Waals surface area contributed by atoms with Crippen molar-refractivity contribution in [1.29, 1.82) is 0 Å². The minimum Gasteiger partial charge on any atom is -0.388 e. The molecule has 3 nitrogen and oxygen atoms in total. The third kappa shape index (κ3) is 3.78. The molecule has 0 bridgehead atoms. The average molecular weight is 309 g/mol. The van der Waals surface area contributed by atoms with Crippen molar-refractivity contribution < 1.29 is 5.11 Å². The van der Waals surface area contributed by atoms with E-state index >= 15 is 0 Å². The molecule has 1 aromatic carbocycles. The molecule has 2 unspecified atom stereocenters. The minimum absolute atomic E-state index is 0.454. The molecule has 2 atom stereocenters. The molecule has 2 aliphatic heterocycles. The van der Waals surface area contributed by atoms with Crippen molar-refractivity contribution in [2.75, 3.05) is 32.7 Å². The summed E-state index contributed by atoms with van der Waals surface area (Å²) in [6.07, 6.45) is 4.31. The smallest absolute Gasteiger partial charge is 0.0816 e. The summed E-state index contributed by atoms with van der Waals surface area (Å²) in [7, 11) is 0. The topological polar surface area (TPSA) is 26.7 Å². The van der Waals surface area contributed by atoms with Crippen molar-refractivity contribution in [2.45, 2.75) is 37.8 Å². The molecule has 4 heteroatoms. The van der Waals surface area contributed by atoms with Gasteiger partial charge in [-0.05, 0) is 56.9 Å². The number of halogens is 1. The summed E-state index contributed by atoms with van der Waals surface area (Å²) in [4.78, 5) is 5.13. The van der Waals surface area contributed by atoms with Crippen LogP contribution >= 0.6 is 11.6 Å². The van der Waals surface area contributed by atoms with Crippen LogP contribution in [0.3, 0.4) is 0 Å². The van der Waals surface area contributed by atoms with Crippen LogP contribution in [0.15, 0.2) is 24.3 Å². The van der Waals surface area contributed by atoms with Gasteiger partial charge in [0, 0.05) is 24.2 Å². The van der Waals surface area contributed by atoms with E-state index in [4.69, 9.17) is 11.6 Å². The van der Waals surface area contributed by atoms with Crippen LogP contribution in [0, 0.1) is 0 Å². The van der Waals surface area contributed by atoms with Gasteiger partial charge < -0.3 is 10.0 Å². The van der Waals surface area contributed by atoms with Gasteiger partial charge in [0.05, 0.1) is 6.10 Å². The number of aliphatic hydroxyl groups excluding tert-OH is 1. The first-order chi connectivity index (χ1) is 10.2. The molecule has 2 fully saturated rings. The molecule has 3 rings (SSSR count). The summed E-state index contributed by atoms with van der Waals surface area (Å²) >= 11 is 6.14. The third-order valence-corrected chi connectivity index (χ3v) is 5.23. The summed E-state index contributed by atoms with van der Waals surface area (Å²) in [5.41, 5.74) is 0.856. The molecule has 2 saturated heterocycles. The van der Waals surface area contributed by atoms with Crippen LogP contribution in [0.2, 0.25) is 5.02 Å². The summed E-state index contributed by atoms with van der Waals surface area (Å²) in [6, 6.07) is 8.34. The van der Waals surface area contributed by atoms with Crippen LogP contribution in [0.5, 0.6) is 0 Å². The number of aliphatic hydroxyl groups is 1. The summed E-state index contributed by atoms with van der Waals surface area (Å²) in [5, 5.41) is 11.0. The first-order valence-corrected chi connectivity index (χ1v) is 8.51. The molecule has 116 valence electrons. The number of likely N-dealkylation sites (tertiary alicyclic amines) is 2.